The van der Waals surface area contributed by atoms with Crippen molar-refractivity contribution in [1.29, 1.82) is 0 Å². The molecule has 2 heterocycles. The molecule has 1 saturated heterocycles. The number of aromatic nitrogens is 1. The number of hydrogen-bond donors (Lipinski definition) is 2. The van der Waals surface area contributed by atoms with E-state index in [0.29, 0.717) is 16.6 Å². The Balaban J connectivity index is 0.00000182. The van der Waals surface area contributed by atoms with E-state index in [9.17, 15) is 18.0 Å². The molecule has 0 radical (unpaired) electrons. The van der Waals surface area contributed by atoms with Gasteiger partial charge in [0, 0.05) is 23.0 Å². The molecule has 150 valence electrons. The molecule has 2 atom stereocenters. The summed E-state index contributed by atoms with van der Waals surface area (Å²) in [5.41, 5.74) is -0.132. The molecule has 2 unspecified atom stereocenters. The molecule has 2 aromatic rings. The zero-order valence-electron chi connectivity index (χ0n) is 14.4. The molecule has 3 rings (SSSR count). The minimum absolute atomic E-state index is 0. The molecule has 1 aliphatic rings. The molecule has 4 nitrogen and oxygen atoms in total. The van der Waals surface area contributed by atoms with Crippen LogP contribution in [0.4, 0.5) is 13.2 Å². The number of amides is 1. The molecule has 1 aromatic heterocycles. The van der Waals surface area contributed by atoms with Gasteiger partial charge in [0.1, 0.15) is 10.7 Å². The van der Waals surface area contributed by atoms with Crippen LogP contribution in [-0.2, 0) is 6.18 Å². The zero-order chi connectivity index (χ0) is 18.0. The van der Waals surface area contributed by atoms with Crippen LogP contribution in [0.1, 0.15) is 35.8 Å². The highest BCUT2D eigenvalue weighted by Crippen LogP contribution is 2.33. The van der Waals surface area contributed by atoms with Crippen molar-refractivity contribution >= 4 is 42.1 Å². The van der Waals surface area contributed by atoms with Gasteiger partial charge in [-0.3, -0.25) is 4.79 Å². The lowest BCUT2D eigenvalue weighted by molar-refractivity contribution is -0.137. The molecule has 1 amide bonds. The third-order valence-electron chi connectivity index (χ3n) is 4.13. The molecule has 1 aliphatic heterocycles. The number of carbonyl (C=O) groups excluding carboxylic acids is 1. The van der Waals surface area contributed by atoms with Gasteiger partial charge in [-0.1, -0.05) is 12.1 Å². The number of halogens is 5. The number of piperidine rings is 1. The molecule has 0 spiro atoms. The summed E-state index contributed by atoms with van der Waals surface area (Å²) in [7, 11) is 0. The second-order valence-electron chi connectivity index (χ2n) is 6.17. The predicted octanol–water partition coefficient (Wildman–Crippen LogP) is 4.54. The maximum Gasteiger partial charge on any atom is 0.416 e. The molecule has 0 bridgehead atoms. The second-order valence-corrected chi connectivity index (χ2v) is 7.02. The Morgan fingerprint density at radius 2 is 2.07 bits per heavy atom. The summed E-state index contributed by atoms with van der Waals surface area (Å²) in [4.78, 5) is 16.5. The summed E-state index contributed by atoms with van der Waals surface area (Å²) in [5, 5.41) is 8.24. The van der Waals surface area contributed by atoms with Crippen LogP contribution < -0.4 is 10.6 Å². The van der Waals surface area contributed by atoms with Crippen molar-refractivity contribution in [1.82, 2.24) is 15.6 Å². The third-order valence-corrected chi connectivity index (χ3v) is 5.02. The van der Waals surface area contributed by atoms with E-state index in [1.54, 1.807) is 11.4 Å². The van der Waals surface area contributed by atoms with Crippen molar-refractivity contribution in [2.24, 2.45) is 0 Å². The van der Waals surface area contributed by atoms with E-state index in [4.69, 9.17) is 0 Å². The van der Waals surface area contributed by atoms with Crippen molar-refractivity contribution in [3.8, 4) is 10.6 Å². The molecule has 27 heavy (non-hydrogen) atoms. The Morgan fingerprint density at radius 3 is 2.74 bits per heavy atom. The van der Waals surface area contributed by atoms with E-state index in [0.717, 1.165) is 42.9 Å². The largest absolute Gasteiger partial charge is 0.416 e. The van der Waals surface area contributed by atoms with Gasteiger partial charge in [-0.15, -0.1) is 36.2 Å². The molecule has 0 saturated carbocycles. The predicted molar refractivity (Wildman–Crippen MR) is 105 cm³/mol. The summed E-state index contributed by atoms with van der Waals surface area (Å²) >= 11 is 1.16. The molecular formula is C17H20Cl2F3N3OS. The minimum atomic E-state index is -4.40. The fraction of sp³-hybridized carbons (Fsp3) is 0.412. The first-order valence-electron chi connectivity index (χ1n) is 8.00. The van der Waals surface area contributed by atoms with Gasteiger partial charge in [0.15, 0.2) is 0 Å². The summed E-state index contributed by atoms with van der Waals surface area (Å²) in [5.74, 6) is -0.284. The molecule has 1 aromatic carbocycles. The maximum absolute atomic E-state index is 12.8. The van der Waals surface area contributed by atoms with Crippen LogP contribution in [-0.4, -0.2) is 29.5 Å². The standard InChI is InChI=1S/C17H18F3N3OS.2ClH/c1-10-7-13(5-6-21-10)22-15(24)14-9-25-16(23-14)11-3-2-4-12(8-11)17(18,19)20;;/h2-4,8-10,13,21H,5-7H2,1H3,(H,22,24);2*1H. The van der Waals surface area contributed by atoms with E-state index in [1.165, 1.54) is 6.07 Å². The van der Waals surface area contributed by atoms with Gasteiger partial charge in [0.05, 0.1) is 5.56 Å². The molecule has 10 heteroatoms. The van der Waals surface area contributed by atoms with Gasteiger partial charge in [-0.05, 0) is 38.4 Å². The van der Waals surface area contributed by atoms with Crippen molar-refractivity contribution < 1.29 is 18.0 Å². The zero-order valence-corrected chi connectivity index (χ0v) is 16.8. The van der Waals surface area contributed by atoms with Crippen molar-refractivity contribution in [2.45, 2.75) is 38.0 Å². The number of hydrogen-bond acceptors (Lipinski definition) is 4. The average Bonchev–Trinajstić information content (AvgIpc) is 3.04. The fourth-order valence-corrected chi connectivity index (χ4v) is 3.66. The van der Waals surface area contributed by atoms with Gasteiger partial charge < -0.3 is 10.6 Å². The lowest BCUT2D eigenvalue weighted by atomic mass is 10.0. The number of rotatable bonds is 3. The van der Waals surface area contributed by atoms with Gasteiger partial charge in [0.25, 0.3) is 5.91 Å². The first kappa shape index (κ1) is 23.7. The summed E-state index contributed by atoms with van der Waals surface area (Å²) in [6.45, 7) is 2.91. The van der Waals surface area contributed by atoms with Crippen molar-refractivity contribution in [3.63, 3.8) is 0 Å². The van der Waals surface area contributed by atoms with Gasteiger partial charge in [-0.25, -0.2) is 4.98 Å². The van der Waals surface area contributed by atoms with E-state index >= 15 is 0 Å². The lowest BCUT2D eigenvalue weighted by Gasteiger charge is -2.28. The lowest BCUT2D eigenvalue weighted by Crippen LogP contribution is -2.46. The molecule has 0 aliphatic carbocycles. The first-order valence-corrected chi connectivity index (χ1v) is 8.88. The number of nitrogens with zero attached hydrogens (tertiary/aromatic N) is 1. The van der Waals surface area contributed by atoms with Crippen LogP contribution in [0.3, 0.4) is 0 Å². The van der Waals surface area contributed by atoms with Crippen molar-refractivity contribution in [3.05, 3.63) is 40.9 Å². The maximum atomic E-state index is 12.8. The molecule has 2 N–H and O–H groups in total. The van der Waals surface area contributed by atoms with Crippen LogP contribution in [0, 0.1) is 0 Å². The number of alkyl halides is 3. The highest BCUT2D eigenvalue weighted by Gasteiger charge is 2.30. The Kier molecular flexibility index (Phi) is 8.53. The normalized spacial score (nSPS) is 19.6. The van der Waals surface area contributed by atoms with Crippen LogP contribution in [0.5, 0.6) is 0 Å². The summed E-state index contributed by atoms with van der Waals surface area (Å²) < 4.78 is 38.5. The second kappa shape index (κ2) is 9.73. The third kappa shape index (κ3) is 6.07. The van der Waals surface area contributed by atoms with E-state index in [2.05, 4.69) is 22.5 Å². The van der Waals surface area contributed by atoms with Crippen LogP contribution in [0.25, 0.3) is 10.6 Å². The van der Waals surface area contributed by atoms with Gasteiger partial charge in [0.2, 0.25) is 0 Å². The van der Waals surface area contributed by atoms with E-state index in [-0.39, 0.29) is 42.5 Å². The molecule has 1 fully saturated rings. The number of benzene rings is 1. The van der Waals surface area contributed by atoms with Gasteiger partial charge in [-0.2, -0.15) is 13.2 Å². The minimum Gasteiger partial charge on any atom is -0.348 e. The smallest absolute Gasteiger partial charge is 0.348 e. The monoisotopic (exact) mass is 441 g/mol. The SMILES string of the molecule is CC1CC(NC(=O)c2csc(-c3cccc(C(F)(F)F)c3)n2)CCN1.Cl.Cl. The quantitative estimate of drug-likeness (QED) is 0.734. The van der Waals surface area contributed by atoms with E-state index in [1.807, 2.05) is 0 Å². The van der Waals surface area contributed by atoms with E-state index < -0.39 is 11.7 Å². The van der Waals surface area contributed by atoms with Crippen LogP contribution >= 0.6 is 36.2 Å². The average molecular weight is 442 g/mol. The van der Waals surface area contributed by atoms with Crippen molar-refractivity contribution in [2.75, 3.05) is 6.54 Å². The van der Waals surface area contributed by atoms with Crippen LogP contribution in [0.15, 0.2) is 29.6 Å². The summed E-state index contributed by atoms with van der Waals surface area (Å²) in [6.07, 6.45) is -2.71. The Bertz CT molecular complexity index is 770. The summed E-state index contributed by atoms with van der Waals surface area (Å²) in [6, 6.07) is 5.40. The Hall–Kier alpha value is -1.35. The van der Waals surface area contributed by atoms with Crippen LogP contribution in [0.2, 0.25) is 0 Å². The Morgan fingerprint density at radius 1 is 1.33 bits per heavy atom. The number of thiazole rings is 1. The topological polar surface area (TPSA) is 54.0 Å². The number of nitrogens with one attached hydrogen (secondary N) is 2. The highest BCUT2D eigenvalue weighted by molar-refractivity contribution is 7.13. The van der Waals surface area contributed by atoms with Gasteiger partial charge >= 0.3 is 6.18 Å². The first-order chi connectivity index (χ1) is 11.8. The fourth-order valence-electron chi connectivity index (χ4n) is 2.86. The highest BCUT2D eigenvalue weighted by atomic mass is 35.5. The number of carbonyl (C=O) groups is 1. The Labute approximate surface area is 171 Å². The molecular weight excluding hydrogens is 422 g/mol.